The van der Waals surface area contributed by atoms with Crippen LogP contribution in [0.3, 0.4) is 0 Å². The molecule has 0 spiro atoms. The smallest absolute Gasteiger partial charge is 0.407 e. The average Bonchev–Trinajstić information content (AvgIpc) is 3.00. The van der Waals surface area contributed by atoms with Crippen LogP contribution in [0.15, 0.2) is 60.7 Å². The lowest BCUT2D eigenvalue weighted by molar-refractivity contribution is -0.140. The number of carboxylic acid groups (broad SMARTS) is 1. The summed E-state index contributed by atoms with van der Waals surface area (Å²) in [6, 6.07) is 16.1. The van der Waals surface area contributed by atoms with Crippen molar-refractivity contribution >= 4 is 12.1 Å². The summed E-state index contributed by atoms with van der Waals surface area (Å²) < 4.78 is 5.52. The molecule has 0 aliphatic heterocycles. The van der Waals surface area contributed by atoms with Crippen LogP contribution in [0.5, 0.6) is 0 Å². The number of aliphatic carboxylic acids is 1. The molecule has 0 heterocycles. The number of carbonyl (C=O) groups is 2. The van der Waals surface area contributed by atoms with Gasteiger partial charge in [0.05, 0.1) is 5.92 Å². The molecule has 2 N–H and O–H groups in total. The van der Waals surface area contributed by atoms with E-state index >= 15 is 0 Å². The fourth-order valence-corrected chi connectivity index (χ4v) is 4.00. The number of carboxylic acids is 1. The molecule has 0 saturated heterocycles. The van der Waals surface area contributed by atoms with Gasteiger partial charge in [-0.2, -0.15) is 0 Å². The number of alkyl carbamates (subject to hydrolysis) is 1. The Hall–Kier alpha value is -3.08. The molecular formula is C22H21NO4. The Labute approximate surface area is 157 Å². The molecule has 1 amide bonds. The fourth-order valence-electron chi connectivity index (χ4n) is 4.00. The van der Waals surface area contributed by atoms with Crippen LogP contribution >= 0.6 is 0 Å². The van der Waals surface area contributed by atoms with Crippen LogP contribution in [-0.4, -0.2) is 29.8 Å². The third-order valence-corrected chi connectivity index (χ3v) is 5.31. The molecular weight excluding hydrogens is 342 g/mol. The van der Waals surface area contributed by atoms with Gasteiger partial charge in [-0.25, -0.2) is 4.79 Å². The van der Waals surface area contributed by atoms with E-state index in [9.17, 15) is 9.59 Å². The van der Waals surface area contributed by atoms with Gasteiger partial charge in [-0.3, -0.25) is 4.79 Å². The van der Waals surface area contributed by atoms with Gasteiger partial charge >= 0.3 is 12.1 Å². The number of ether oxygens (including phenoxy) is 1. The van der Waals surface area contributed by atoms with E-state index in [1.54, 1.807) is 12.2 Å². The summed E-state index contributed by atoms with van der Waals surface area (Å²) in [6.45, 7) is 0.255. The van der Waals surface area contributed by atoms with Crippen molar-refractivity contribution in [3.05, 3.63) is 71.8 Å². The zero-order valence-corrected chi connectivity index (χ0v) is 14.8. The molecule has 0 aromatic heterocycles. The van der Waals surface area contributed by atoms with E-state index in [2.05, 4.69) is 29.6 Å². The Morgan fingerprint density at radius 2 is 1.67 bits per heavy atom. The Morgan fingerprint density at radius 3 is 2.30 bits per heavy atom. The Bertz CT molecular complexity index is 859. The molecule has 138 valence electrons. The van der Waals surface area contributed by atoms with E-state index in [0.29, 0.717) is 12.8 Å². The standard InChI is InChI=1S/C22H21NO4/c24-21(25)14-6-5-7-15(12-14)23-22(26)27-13-20-18-10-3-1-8-16(18)17-9-2-4-11-19(17)20/h1-6,8-11,14-15,20H,7,12-13H2,(H,23,26)(H,24,25)/t14-,15+/m0/s1. The molecule has 2 aromatic rings. The summed E-state index contributed by atoms with van der Waals surface area (Å²) in [6.07, 6.45) is 3.99. The maximum absolute atomic E-state index is 12.3. The van der Waals surface area contributed by atoms with Crippen LogP contribution in [0.2, 0.25) is 0 Å². The SMILES string of the molecule is O=C(N[C@@H]1CC=C[C@H](C(=O)O)C1)OCC1c2ccccc2-c2ccccc21. The summed E-state index contributed by atoms with van der Waals surface area (Å²) in [7, 11) is 0. The highest BCUT2D eigenvalue weighted by Gasteiger charge is 2.30. The first-order valence-corrected chi connectivity index (χ1v) is 9.14. The van der Waals surface area contributed by atoms with Gasteiger partial charge in [-0.05, 0) is 35.1 Å². The van der Waals surface area contributed by atoms with Crippen molar-refractivity contribution < 1.29 is 19.4 Å². The maximum atomic E-state index is 12.3. The maximum Gasteiger partial charge on any atom is 0.407 e. The van der Waals surface area contributed by atoms with Gasteiger partial charge in [0, 0.05) is 12.0 Å². The van der Waals surface area contributed by atoms with Gasteiger partial charge in [-0.15, -0.1) is 0 Å². The van der Waals surface area contributed by atoms with Crippen LogP contribution in [0.1, 0.15) is 29.9 Å². The largest absolute Gasteiger partial charge is 0.481 e. The summed E-state index contributed by atoms with van der Waals surface area (Å²) in [5.41, 5.74) is 4.70. The average molecular weight is 363 g/mol. The number of hydrogen-bond donors (Lipinski definition) is 2. The molecule has 5 nitrogen and oxygen atoms in total. The lowest BCUT2D eigenvalue weighted by atomic mass is 9.92. The van der Waals surface area contributed by atoms with Gasteiger partial charge in [-0.1, -0.05) is 60.7 Å². The van der Waals surface area contributed by atoms with E-state index < -0.39 is 18.0 Å². The van der Waals surface area contributed by atoms with Crippen LogP contribution in [-0.2, 0) is 9.53 Å². The van der Waals surface area contributed by atoms with Crippen LogP contribution < -0.4 is 5.32 Å². The number of hydrogen-bond acceptors (Lipinski definition) is 3. The molecule has 2 aromatic carbocycles. The Morgan fingerprint density at radius 1 is 1.04 bits per heavy atom. The third kappa shape index (κ3) is 3.45. The summed E-state index contributed by atoms with van der Waals surface area (Å²) in [4.78, 5) is 23.4. The number of nitrogens with one attached hydrogen (secondary N) is 1. The van der Waals surface area contributed by atoms with Crippen molar-refractivity contribution in [3.63, 3.8) is 0 Å². The Balaban J connectivity index is 1.41. The van der Waals surface area contributed by atoms with Crippen molar-refractivity contribution in [2.75, 3.05) is 6.61 Å². The van der Waals surface area contributed by atoms with Crippen molar-refractivity contribution in [3.8, 4) is 11.1 Å². The van der Waals surface area contributed by atoms with E-state index in [-0.39, 0.29) is 18.6 Å². The normalized spacial score (nSPS) is 20.6. The third-order valence-electron chi connectivity index (χ3n) is 5.31. The van der Waals surface area contributed by atoms with E-state index in [0.717, 1.165) is 11.1 Å². The number of fused-ring (bicyclic) bond motifs is 3. The first kappa shape index (κ1) is 17.3. The van der Waals surface area contributed by atoms with E-state index in [1.807, 2.05) is 24.3 Å². The highest BCUT2D eigenvalue weighted by molar-refractivity contribution is 5.79. The molecule has 27 heavy (non-hydrogen) atoms. The summed E-state index contributed by atoms with van der Waals surface area (Å²) >= 11 is 0. The topological polar surface area (TPSA) is 75.6 Å². The minimum Gasteiger partial charge on any atom is -0.481 e. The predicted octanol–water partition coefficient (Wildman–Crippen LogP) is 3.94. The van der Waals surface area contributed by atoms with Crippen molar-refractivity contribution in [2.24, 2.45) is 5.92 Å². The zero-order chi connectivity index (χ0) is 18.8. The fraction of sp³-hybridized carbons (Fsp3) is 0.273. The first-order valence-electron chi connectivity index (χ1n) is 9.14. The second kappa shape index (κ2) is 7.27. The number of carbonyl (C=O) groups excluding carboxylic acids is 1. The minimum atomic E-state index is -0.870. The van der Waals surface area contributed by atoms with Gasteiger partial charge < -0.3 is 15.2 Å². The van der Waals surface area contributed by atoms with Gasteiger partial charge in [0.25, 0.3) is 0 Å². The van der Waals surface area contributed by atoms with E-state index in [1.165, 1.54) is 11.1 Å². The molecule has 0 fully saturated rings. The molecule has 5 heteroatoms. The van der Waals surface area contributed by atoms with Crippen molar-refractivity contribution in [2.45, 2.75) is 24.8 Å². The number of amides is 1. The molecule has 2 atom stereocenters. The Kier molecular flexibility index (Phi) is 4.67. The summed E-state index contributed by atoms with van der Waals surface area (Å²) in [5, 5.41) is 11.9. The first-order chi connectivity index (χ1) is 13.1. The predicted molar refractivity (Wildman–Crippen MR) is 101 cm³/mol. The van der Waals surface area contributed by atoms with E-state index in [4.69, 9.17) is 9.84 Å². The van der Waals surface area contributed by atoms with Gasteiger partial charge in [0.15, 0.2) is 0 Å². The van der Waals surface area contributed by atoms with Gasteiger partial charge in [0.1, 0.15) is 6.61 Å². The number of benzene rings is 2. The molecule has 0 bridgehead atoms. The second-order valence-electron chi connectivity index (χ2n) is 7.01. The highest BCUT2D eigenvalue weighted by Crippen LogP contribution is 2.44. The number of rotatable bonds is 4. The molecule has 0 radical (unpaired) electrons. The van der Waals surface area contributed by atoms with Crippen molar-refractivity contribution in [1.29, 1.82) is 0 Å². The van der Waals surface area contributed by atoms with Crippen LogP contribution in [0, 0.1) is 5.92 Å². The van der Waals surface area contributed by atoms with Crippen LogP contribution in [0.4, 0.5) is 4.79 Å². The lowest BCUT2D eigenvalue weighted by Crippen LogP contribution is -2.39. The molecule has 0 saturated carbocycles. The molecule has 0 unspecified atom stereocenters. The van der Waals surface area contributed by atoms with Gasteiger partial charge in [0.2, 0.25) is 0 Å². The van der Waals surface area contributed by atoms with Crippen LogP contribution in [0.25, 0.3) is 11.1 Å². The molecule has 2 aliphatic rings. The highest BCUT2D eigenvalue weighted by atomic mass is 16.5. The lowest BCUT2D eigenvalue weighted by Gasteiger charge is -2.23. The molecule has 4 rings (SSSR count). The summed E-state index contributed by atoms with van der Waals surface area (Å²) in [5.74, 6) is -1.41. The second-order valence-corrected chi connectivity index (χ2v) is 7.01. The molecule has 2 aliphatic carbocycles. The monoisotopic (exact) mass is 363 g/mol. The zero-order valence-electron chi connectivity index (χ0n) is 14.8. The quantitative estimate of drug-likeness (QED) is 0.807. The minimum absolute atomic E-state index is 0.0150. The van der Waals surface area contributed by atoms with Crippen molar-refractivity contribution in [1.82, 2.24) is 5.32 Å².